The molecule has 0 saturated carbocycles. The molecule has 1 heterocycles. The summed E-state index contributed by atoms with van der Waals surface area (Å²) in [6.07, 6.45) is 0.391. The van der Waals surface area contributed by atoms with E-state index in [1.807, 2.05) is 31.5 Å². The number of nitrogens with zero attached hydrogens (tertiary/aromatic N) is 2. The number of hydrogen-bond acceptors (Lipinski definition) is 2. The van der Waals surface area contributed by atoms with Crippen molar-refractivity contribution in [1.82, 2.24) is 15.1 Å². The van der Waals surface area contributed by atoms with Crippen LogP contribution in [0.3, 0.4) is 0 Å². The van der Waals surface area contributed by atoms with Gasteiger partial charge < -0.3 is 5.32 Å². The highest BCUT2D eigenvalue weighted by molar-refractivity contribution is 5.23. The first-order valence-corrected chi connectivity index (χ1v) is 7.26. The Morgan fingerprint density at radius 2 is 2.00 bits per heavy atom. The molecule has 0 fully saturated rings. The Kier molecular flexibility index (Phi) is 5.07. The Morgan fingerprint density at radius 3 is 2.67 bits per heavy atom. The number of aromatic nitrogens is 2. The smallest absolute Gasteiger partial charge is 0.126 e. The van der Waals surface area contributed by atoms with Gasteiger partial charge in [-0.25, -0.2) is 8.78 Å². The Labute approximate surface area is 124 Å². The van der Waals surface area contributed by atoms with Gasteiger partial charge in [-0.2, -0.15) is 5.10 Å². The fraction of sp³-hybridized carbons (Fsp3) is 0.438. The molecule has 1 N–H and O–H groups in total. The molecule has 2 aromatic rings. The van der Waals surface area contributed by atoms with Crippen LogP contribution in [0.15, 0.2) is 24.3 Å². The maximum Gasteiger partial charge on any atom is 0.126 e. The minimum Gasteiger partial charge on any atom is -0.309 e. The van der Waals surface area contributed by atoms with E-state index < -0.39 is 5.82 Å². The van der Waals surface area contributed by atoms with Crippen LogP contribution in [0, 0.1) is 18.6 Å². The summed E-state index contributed by atoms with van der Waals surface area (Å²) in [5.41, 5.74) is 2.30. The zero-order valence-corrected chi connectivity index (χ0v) is 12.7. The molecule has 0 aliphatic rings. The standard InChI is InChI=1S/C16H21F2N3/c1-4-19-15(16-8-11(3)20-21(16)5-2)10-12-9-13(17)6-7-14(12)18/h6-9,15,19H,4-5,10H2,1-3H3. The van der Waals surface area contributed by atoms with Gasteiger partial charge in [0.25, 0.3) is 0 Å². The molecule has 3 nitrogen and oxygen atoms in total. The zero-order valence-electron chi connectivity index (χ0n) is 12.7. The van der Waals surface area contributed by atoms with Gasteiger partial charge in [0.15, 0.2) is 0 Å². The van der Waals surface area contributed by atoms with Crippen molar-refractivity contribution < 1.29 is 8.78 Å². The predicted molar refractivity (Wildman–Crippen MR) is 79.1 cm³/mol. The summed E-state index contributed by atoms with van der Waals surface area (Å²) in [5.74, 6) is -0.791. The highest BCUT2D eigenvalue weighted by atomic mass is 19.1. The molecule has 1 unspecified atom stereocenters. The lowest BCUT2D eigenvalue weighted by Crippen LogP contribution is -2.26. The lowest BCUT2D eigenvalue weighted by molar-refractivity contribution is 0.478. The van der Waals surface area contributed by atoms with Crippen LogP contribution in [-0.2, 0) is 13.0 Å². The Morgan fingerprint density at radius 1 is 1.24 bits per heavy atom. The highest BCUT2D eigenvalue weighted by Crippen LogP contribution is 2.22. The number of benzene rings is 1. The number of likely N-dealkylation sites (N-methyl/N-ethyl adjacent to an activating group) is 1. The monoisotopic (exact) mass is 293 g/mol. The molecule has 0 aliphatic carbocycles. The SMILES string of the molecule is CCNC(Cc1cc(F)ccc1F)c1cc(C)nn1CC. The summed E-state index contributed by atoms with van der Waals surface area (Å²) in [6, 6.07) is 5.48. The molecular weight excluding hydrogens is 272 g/mol. The van der Waals surface area contributed by atoms with Gasteiger partial charge in [-0.05, 0) is 56.6 Å². The third-order valence-electron chi connectivity index (χ3n) is 3.47. The summed E-state index contributed by atoms with van der Waals surface area (Å²) in [4.78, 5) is 0. The minimum atomic E-state index is -0.415. The topological polar surface area (TPSA) is 29.9 Å². The van der Waals surface area contributed by atoms with Crippen molar-refractivity contribution in [3.05, 3.63) is 52.9 Å². The molecule has 21 heavy (non-hydrogen) atoms. The summed E-state index contributed by atoms with van der Waals surface area (Å²) < 4.78 is 29.1. The zero-order chi connectivity index (χ0) is 15.4. The second-order valence-corrected chi connectivity index (χ2v) is 5.08. The number of halogens is 2. The van der Waals surface area contributed by atoms with Crippen LogP contribution in [-0.4, -0.2) is 16.3 Å². The van der Waals surface area contributed by atoms with Crippen LogP contribution in [0.5, 0.6) is 0 Å². The quantitative estimate of drug-likeness (QED) is 0.885. The van der Waals surface area contributed by atoms with Crippen molar-refractivity contribution in [2.45, 2.75) is 39.8 Å². The van der Waals surface area contributed by atoms with Crippen molar-refractivity contribution >= 4 is 0 Å². The maximum absolute atomic E-state index is 13.9. The van der Waals surface area contributed by atoms with Crippen molar-refractivity contribution in [3.8, 4) is 0 Å². The molecule has 0 aliphatic heterocycles. The van der Waals surface area contributed by atoms with E-state index in [1.54, 1.807) is 0 Å². The number of aryl methyl sites for hydroxylation is 2. The van der Waals surface area contributed by atoms with Crippen LogP contribution in [0.1, 0.15) is 36.8 Å². The molecule has 1 aromatic carbocycles. The molecule has 1 aromatic heterocycles. The third-order valence-corrected chi connectivity index (χ3v) is 3.47. The number of rotatable bonds is 6. The maximum atomic E-state index is 13.9. The van der Waals surface area contributed by atoms with Gasteiger partial charge in [0.1, 0.15) is 11.6 Å². The minimum absolute atomic E-state index is 0.0903. The normalized spacial score (nSPS) is 12.6. The Hall–Kier alpha value is -1.75. The fourth-order valence-corrected chi connectivity index (χ4v) is 2.55. The van der Waals surface area contributed by atoms with Crippen LogP contribution >= 0.6 is 0 Å². The van der Waals surface area contributed by atoms with Crippen LogP contribution in [0.25, 0.3) is 0 Å². The lowest BCUT2D eigenvalue weighted by atomic mass is 10.0. The van der Waals surface area contributed by atoms with Crippen molar-refractivity contribution in [2.75, 3.05) is 6.54 Å². The van der Waals surface area contributed by atoms with Gasteiger partial charge in [0.2, 0.25) is 0 Å². The molecular formula is C16H21F2N3. The molecule has 0 spiro atoms. The van der Waals surface area contributed by atoms with E-state index in [0.29, 0.717) is 12.0 Å². The molecule has 5 heteroatoms. The van der Waals surface area contributed by atoms with Crippen LogP contribution in [0.2, 0.25) is 0 Å². The van der Waals surface area contributed by atoms with Gasteiger partial charge in [0, 0.05) is 6.54 Å². The van der Waals surface area contributed by atoms with E-state index >= 15 is 0 Å². The Balaban J connectivity index is 2.32. The van der Waals surface area contributed by atoms with E-state index in [0.717, 1.165) is 30.5 Å². The first kappa shape index (κ1) is 15.6. The van der Waals surface area contributed by atoms with Gasteiger partial charge in [-0.3, -0.25) is 4.68 Å². The van der Waals surface area contributed by atoms with Gasteiger partial charge in [-0.15, -0.1) is 0 Å². The van der Waals surface area contributed by atoms with E-state index in [4.69, 9.17) is 0 Å². The second kappa shape index (κ2) is 6.80. The van der Waals surface area contributed by atoms with Crippen LogP contribution < -0.4 is 5.32 Å². The average molecular weight is 293 g/mol. The second-order valence-electron chi connectivity index (χ2n) is 5.08. The van der Waals surface area contributed by atoms with Crippen LogP contribution in [0.4, 0.5) is 8.78 Å². The Bertz CT molecular complexity index is 608. The van der Waals surface area contributed by atoms with E-state index in [9.17, 15) is 8.78 Å². The van der Waals surface area contributed by atoms with Crippen molar-refractivity contribution in [1.29, 1.82) is 0 Å². The van der Waals surface area contributed by atoms with Gasteiger partial charge in [-0.1, -0.05) is 6.92 Å². The molecule has 1 atom stereocenters. The van der Waals surface area contributed by atoms with Gasteiger partial charge >= 0.3 is 0 Å². The number of hydrogen-bond donors (Lipinski definition) is 1. The fourth-order valence-electron chi connectivity index (χ4n) is 2.55. The average Bonchev–Trinajstić information content (AvgIpc) is 2.83. The first-order chi connectivity index (χ1) is 10.0. The van der Waals surface area contributed by atoms with Gasteiger partial charge in [0.05, 0.1) is 17.4 Å². The molecule has 2 rings (SSSR count). The number of nitrogens with one attached hydrogen (secondary N) is 1. The van der Waals surface area contributed by atoms with E-state index in [1.165, 1.54) is 12.1 Å². The predicted octanol–water partition coefficient (Wildman–Crippen LogP) is 3.38. The third kappa shape index (κ3) is 3.67. The van der Waals surface area contributed by atoms with Crippen molar-refractivity contribution in [2.24, 2.45) is 0 Å². The molecule has 0 radical (unpaired) electrons. The summed E-state index contributed by atoms with van der Waals surface area (Å²) >= 11 is 0. The molecule has 0 bridgehead atoms. The summed E-state index contributed by atoms with van der Waals surface area (Å²) in [6.45, 7) is 7.43. The highest BCUT2D eigenvalue weighted by Gasteiger charge is 2.18. The molecule has 114 valence electrons. The van der Waals surface area contributed by atoms with E-state index in [-0.39, 0.29) is 11.9 Å². The first-order valence-electron chi connectivity index (χ1n) is 7.26. The largest absolute Gasteiger partial charge is 0.309 e. The summed E-state index contributed by atoms with van der Waals surface area (Å²) in [7, 11) is 0. The lowest BCUT2D eigenvalue weighted by Gasteiger charge is -2.19. The molecule has 0 amide bonds. The van der Waals surface area contributed by atoms with E-state index in [2.05, 4.69) is 10.4 Å². The summed E-state index contributed by atoms with van der Waals surface area (Å²) in [5, 5.41) is 7.75. The van der Waals surface area contributed by atoms with Crippen molar-refractivity contribution in [3.63, 3.8) is 0 Å². The molecule has 0 saturated heterocycles.